The normalized spacial score (nSPS) is 8.96. The molecule has 0 radical (unpaired) electrons. The fourth-order valence-corrected chi connectivity index (χ4v) is 1.94. The van der Waals surface area contributed by atoms with Crippen LogP contribution in [0.25, 0.3) is 0 Å². The van der Waals surface area contributed by atoms with Gasteiger partial charge in [-0.3, -0.25) is 9.59 Å². The second kappa shape index (κ2) is 13.1. The van der Waals surface area contributed by atoms with Crippen molar-refractivity contribution in [2.45, 2.75) is 13.1 Å². The van der Waals surface area contributed by atoms with Crippen molar-refractivity contribution in [2.75, 3.05) is 0 Å². The molecule has 0 aliphatic carbocycles. The molecular weight excluding hydrogens is 355 g/mol. The van der Waals surface area contributed by atoms with Crippen LogP contribution in [0.15, 0.2) is 60.7 Å². The maximum atomic E-state index is 11.5. The topological polar surface area (TPSA) is 63.4 Å². The summed E-state index contributed by atoms with van der Waals surface area (Å²) < 4.78 is 0. The summed E-state index contributed by atoms with van der Waals surface area (Å²) in [5.74, 6) is 0. The minimum atomic E-state index is -0.639. The van der Waals surface area contributed by atoms with E-state index in [9.17, 15) is 4.79 Å². The van der Waals surface area contributed by atoms with E-state index in [0.29, 0.717) is 13.1 Å². The van der Waals surface area contributed by atoms with E-state index in [4.69, 9.17) is 4.79 Å². The van der Waals surface area contributed by atoms with Crippen LogP contribution in [-0.4, -0.2) is 15.4 Å². The zero-order valence-electron chi connectivity index (χ0n) is 13.9. The molecule has 0 atom stereocenters. The van der Waals surface area contributed by atoms with Gasteiger partial charge < -0.3 is 12.1 Å². The summed E-state index contributed by atoms with van der Waals surface area (Å²) in [5, 5.41) is -0.845. The van der Waals surface area contributed by atoms with E-state index >= 15 is 0 Å². The molecule has 0 heterocycles. The predicted octanol–water partition coefficient (Wildman–Crippen LogP) is 0.850. The Kier molecular flexibility index (Phi) is 12.9. The molecule has 0 unspecified atom stereocenters. The molecule has 7 heteroatoms. The Labute approximate surface area is 191 Å². The molecular formula is C16H19KN2O2S2. The molecule has 0 saturated heterocycles. The molecule has 2 amide bonds. The minimum Gasteiger partial charge on any atom is -1.00 e. The average Bonchev–Trinajstić information content (AvgIpc) is 2.48. The summed E-state index contributed by atoms with van der Waals surface area (Å²) in [6, 6.07) is 19.9. The van der Waals surface area contributed by atoms with E-state index in [2.05, 4.69) is 31.0 Å². The van der Waals surface area contributed by atoms with E-state index in [0.717, 1.165) is 11.1 Å². The summed E-state index contributed by atoms with van der Waals surface area (Å²) in [6.45, 7) is 1.16. The quantitative estimate of drug-likeness (QED) is 0.549. The number of carbonyl (C=O) groups is 2. The molecule has 0 spiro atoms. The van der Waals surface area contributed by atoms with Crippen LogP contribution in [0, 0.1) is 0 Å². The summed E-state index contributed by atoms with van der Waals surface area (Å²) in [5.41, 5.74) is 6.55. The monoisotopic (exact) mass is 374 g/mol. The van der Waals surface area contributed by atoms with Gasteiger partial charge in [0.15, 0.2) is 0 Å². The van der Waals surface area contributed by atoms with Gasteiger partial charge in [0.05, 0.1) is 0 Å². The molecule has 2 rings (SSSR count). The van der Waals surface area contributed by atoms with Crippen LogP contribution >= 0.6 is 25.3 Å². The number of carbonyl (C=O) groups excluding carboxylic acids is 2. The number of amides is 2. The van der Waals surface area contributed by atoms with Crippen molar-refractivity contribution in [3.8, 4) is 0 Å². The molecule has 118 valence electrons. The number of nitrogens with zero attached hydrogens (tertiary/aromatic N) is 1. The Hall–Kier alpha value is -0.284. The SMILES string of the molecule is NC(=O)S.O=C(S)N(Cc1ccccc1)Cc1ccccc1.[H-].[K+]. The summed E-state index contributed by atoms with van der Waals surface area (Å²) in [4.78, 5) is 22.3. The number of primary amides is 1. The molecule has 4 nitrogen and oxygen atoms in total. The van der Waals surface area contributed by atoms with Gasteiger partial charge in [0, 0.05) is 13.1 Å². The Balaban J connectivity index is 0. The fraction of sp³-hybridized carbons (Fsp3) is 0.125. The van der Waals surface area contributed by atoms with Gasteiger partial charge in [-0.05, 0) is 11.1 Å². The van der Waals surface area contributed by atoms with Gasteiger partial charge in [0.1, 0.15) is 0 Å². The van der Waals surface area contributed by atoms with E-state index in [1.165, 1.54) is 0 Å². The maximum Gasteiger partial charge on any atom is 1.00 e. The van der Waals surface area contributed by atoms with E-state index in [-0.39, 0.29) is 58.1 Å². The third kappa shape index (κ3) is 11.0. The number of nitrogens with two attached hydrogens (primary N) is 1. The van der Waals surface area contributed by atoms with Gasteiger partial charge in [-0.15, -0.1) is 0 Å². The van der Waals surface area contributed by atoms with Gasteiger partial charge >= 0.3 is 51.4 Å². The maximum absolute atomic E-state index is 11.5. The van der Waals surface area contributed by atoms with Crippen molar-refractivity contribution in [1.29, 1.82) is 0 Å². The molecule has 2 aromatic rings. The third-order valence-electron chi connectivity index (χ3n) is 2.70. The largest absolute Gasteiger partial charge is 1.00 e. The number of hydrogen-bond acceptors (Lipinski definition) is 2. The molecule has 23 heavy (non-hydrogen) atoms. The van der Waals surface area contributed by atoms with Gasteiger partial charge in [0.25, 0.3) is 10.5 Å². The Morgan fingerprint density at radius 2 is 1.17 bits per heavy atom. The zero-order chi connectivity index (χ0) is 16.4. The zero-order valence-corrected chi connectivity index (χ0v) is 17.8. The molecule has 2 N–H and O–H groups in total. The Morgan fingerprint density at radius 3 is 1.43 bits per heavy atom. The van der Waals surface area contributed by atoms with Crippen LogP contribution in [0.1, 0.15) is 12.6 Å². The van der Waals surface area contributed by atoms with Crippen molar-refractivity contribution in [1.82, 2.24) is 4.90 Å². The smallest absolute Gasteiger partial charge is 1.00 e. The fourth-order valence-electron chi connectivity index (χ4n) is 1.80. The Bertz CT molecular complexity index is 558. The minimum absolute atomic E-state index is 0. The van der Waals surface area contributed by atoms with E-state index in [1.807, 2.05) is 60.7 Å². The van der Waals surface area contributed by atoms with Crippen LogP contribution in [0.3, 0.4) is 0 Å². The van der Waals surface area contributed by atoms with Crippen molar-refractivity contribution in [2.24, 2.45) is 5.73 Å². The van der Waals surface area contributed by atoms with Crippen molar-refractivity contribution < 1.29 is 62.4 Å². The molecule has 0 fully saturated rings. The van der Waals surface area contributed by atoms with Crippen LogP contribution in [-0.2, 0) is 13.1 Å². The summed E-state index contributed by atoms with van der Waals surface area (Å²) >= 11 is 7.05. The van der Waals surface area contributed by atoms with Crippen LogP contribution < -0.4 is 57.1 Å². The standard InChI is InChI=1S/C15H15NOS.CH3NOS.K.H/c17-15(18)16(11-13-7-3-1-4-8-13)12-14-9-5-2-6-10-14;2-1(3)4;;/h1-10H,11-12H2,(H,17,18);(H3,2,3,4);;/q;;+1;-1. The van der Waals surface area contributed by atoms with Crippen molar-refractivity contribution >= 4 is 35.7 Å². The molecule has 0 aliphatic heterocycles. The van der Waals surface area contributed by atoms with Gasteiger partial charge in [0.2, 0.25) is 0 Å². The van der Waals surface area contributed by atoms with Crippen molar-refractivity contribution in [3.63, 3.8) is 0 Å². The first-order valence-corrected chi connectivity index (χ1v) is 7.42. The first kappa shape index (κ1) is 22.7. The second-order valence-electron chi connectivity index (χ2n) is 4.45. The third-order valence-corrected chi connectivity index (χ3v) is 2.99. The van der Waals surface area contributed by atoms with Gasteiger partial charge in [-0.1, -0.05) is 85.9 Å². The predicted molar refractivity (Wildman–Crippen MR) is 96.2 cm³/mol. The molecule has 0 aromatic heterocycles. The van der Waals surface area contributed by atoms with E-state index in [1.54, 1.807) is 4.90 Å². The van der Waals surface area contributed by atoms with Crippen molar-refractivity contribution in [3.05, 3.63) is 71.8 Å². The van der Waals surface area contributed by atoms with Gasteiger partial charge in [-0.25, -0.2) is 0 Å². The molecule has 2 aromatic carbocycles. The first-order valence-electron chi connectivity index (χ1n) is 6.53. The summed E-state index contributed by atoms with van der Waals surface area (Å²) in [6.07, 6.45) is 0. The Morgan fingerprint density at radius 1 is 0.870 bits per heavy atom. The van der Waals surface area contributed by atoms with E-state index < -0.39 is 5.24 Å². The number of thiol groups is 2. The van der Waals surface area contributed by atoms with Crippen LogP contribution in [0.5, 0.6) is 0 Å². The average molecular weight is 375 g/mol. The summed E-state index contributed by atoms with van der Waals surface area (Å²) in [7, 11) is 0. The molecule has 0 bridgehead atoms. The number of benzene rings is 2. The number of rotatable bonds is 4. The van der Waals surface area contributed by atoms with Crippen LogP contribution in [0.4, 0.5) is 9.59 Å². The molecule has 0 aliphatic rings. The van der Waals surface area contributed by atoms with Gasteiger partial charge in [-0.2, -0.15) is 0 Å². The second-order valence-corrected chi connectivity index (χ2v) is 5.27. The van der Waals surface area contributed by atoms with Crippen LogP contribution in [0.2, 0.25) is 0 Å². The first-order chi connectivity index (χ1) is 10.5. The molecule has 0 saturated carbocycles. The number of hydrogen-bond donors (Lipinski definition) is 3.